The van der Waals surface area contributed by atoms with Gasteiger partial charge in [-0.15, -0.1) is 10.2 Å². The summed E-state index contributed by atoms with van der Waals surface area (Å²) in [6.07, 6.45) is 4.70. The Morgan fingerprint density at radius 1 is 1.48 bits per heavy atom. The van der Waals surface area contributed by atoms with Crippen molar-refractivity contribution in [2.45, 2.75) is 44.3 Å². The largest absolute Gasteiger partial charge is 0.467 e. The topological polar surface area (TPSA) is 86.9 Å². The zero-order chi connectivity index (χ0) is 15.1. The summed E-state index contributed by atoms with van der Waals surface area (Å²) in [5.74, 6) is 2.28. The molecule has 114 valence electrons. The Balaban J connectivity index is 2.13. The van der Waals surface area contributed by atoms with Gasteiger partial charge in [0.05, 0.1) is 12.8 Å². The highest BCUT2D eigenvalue weighted by Crippen LogP contribution is 2.20. The summed E-state index contributed by atoms with van der Waals surface area (Å²) < 4.78 is 7.39. The van der Waals surface area contributed by atoms with Crippen LogP contribution in [0.15, 0.2) is 28.0 Å². The highest BCUT2D eigenvalue weighted by Gasteiger charge is 2.14. The highest BCUT2D eigenvalue weighted by atomic mass is 32.2. The third-order valence-corrected chi connectivity index (χ3v) is 4.06. The molecule has 0 radical (unpaired) electrons. The Kier molecular flexibility index (Phi) is 5.86. The van der Waals surface area contributed by atoms with Gasteiger partial charge in [0.1, 0.15) is 11.6 Å². The molecule has 0 aliphatic carbocycles. The second-order valence-electron chi connectivity index (χ2n) is 4.73. The zero-order valence-electron chi connectivity index (χ0n) is 12.1. The van der Waals surface area contributed by atoms with Crippen LogP contribution in [0.4, 0.5) is 0 Å². The predicted molar refractivity (Wildman–Crippen MR) is 81.0 cm³/mol. The SMILES string of the molecule is CCCCSc1nnc(CCC(N)=O)n1Cc1ccco1. The van der Waals surface area contributed by atoms with Gasteiger partial charge in [0.15, 0.2) is 5.16 Å². The van der Waals surface area contributed by atoms with Gasteiger partial charge in [-0.3, -0.25) is 9.36 Å². The number of carbonyl (C=O) groups excluding carboxylic acids is 1. The van der Waals surface area contributed by atoms with Crippen LogP contribution in [0.3, 0.4) is 0 Å². The molecule has 0 spiro atoms. The van der Waals surface area contributed by atoms with E-state index in [4.69, 9.17) is 10.2 Å². The van der Waals surface area contributed by atoms with E-state index in [1.807, 2.05) is 16.7 Å². The maximum absolute atomic E-state index is 11.0. The fourth-order valence-electron chi connectivity index (χ4n) is 1.87. The molecule has 2 N–H and O–H groups in total. The van der Waals surface area contributed by atoms with Gasteiger partial charge in [0.25, 0.3) is 0 Å². The lowest BCUT2D eigenvalue weighted by molar-refractivity contribution is -0.118. The fourth-order valence-corrected chi connectivity index (χ4v) is 2.91. The lowest BCUT2D eigenvalue weighted by Crippen LogP contribution is -2.14. The molecule has 0 fully saturated rings. The van der Waals surface area contributed by atoms with Crippen LogP contribution in [0.5, 0.6) is 0 Å². The number of thioether (sulfide) groups is 1. The van der Waals surface area contributed by atoms with Crippen LogP contribution in [0.2, 0.25) is 0 Å². The first-order chi connectivity index (χ1) is 10.2. The maximum Gasteiger partial charge on any atom is 0.217 e. The van der Waals surface area contributed by atoms with Gasteiger partial charge >= 0.3 is 0 Å². The van der Waals surface area contributed by atoms with Crippen molar-refractivity contribution in [1.29, 1.82) is 0 Å². The van der Waals surface area contributed by atoms with E-state index < -0.39 is 0 Å². The number of carbonyl (C=O) groups is 1. The number of nitrogens with zero attached hydrogens (tertiary/aromatic N) is 3. The smallest absolute Gasteiger partial charge is 0.217 e. The molecule has 0 aliphatic rings. The zero-order valence-corrected chi connectivity index (χ0v) is 12.9. The minimum atomic E-state index is -0.331. The molecular formula is C14H20N4O2S. The third-order valence-electron chi connectivity index (χ3n) is 3.01. The fraction of sp³-hybridized carbons (Fsp3) is 0.500. The van der Waals surface area contributed by atoms with Crippen molar-refractivity contribution in [1.82, 2.24) is 14.8 Å². The Morgan fingerprint density at radius 2 is 2.33 bits per heavy atom. The van der Waals surface area contributed by atoms with Gasteiger partial charge in [-0.2, -0.15) is 0 Å². The molecule has 1 amide bonds. The number of hydrogen-bond donors (Lipinski definition) is 1. The molecule has 7 heteroatoms. The third kappa shape index (κ3) is 4.63. The summed E-state index contributed by atoms with van der Waals surface area (Å²) in [6.45, 7) is 2.73. The lowest BCUT2D eigenvalue weighted by Gasteiger charge is -2.08. The molecule has 0 aliphatic heterocycles. The molecular weight excluding hydrogens is 288 g/mol. The van der Waals surface area contributed by atoms with Gasteiger partial charge < -0.3 is 10.2 Å². The number of aryl methyl sites for hydroxylation is 1. The number of amides is 1. The number of aromatic nitrogens is 3. The summed E-state index contributed by atoms with van der Waals surface area (Å²) in [5, 5.41) is 9.28. The summed E-state index contributed by atoms with van der Waals surface area (Å²) in [7, 11) is 0. The van der Waals surface area contributed by atoms with E-state index in [1.54, 1.807) is 18.0 Å². The van der Waals surface area contributed by atoms with Gasteiger partial charge in [0, 0.05) is 18.6 Å². The number of hydrogen-bond acceptors (Lipinski definition) is 5. The Hall–Kier alpha value is -1.76. The Labute approximate surface area is 128 Å². The van der Waals surface area contributed by atoms with Crippen LogP contribution >= 0.6 is 11.8 Å². The number of nitrogens with two attached hydrogens (primary N) is 1. The number of furan rings is 1. The van der Waals surface area contributed by atoms with Crippen LogP contribution in [-0.2, 0) is 17.8 Å². The van der Waals surface area contributed by atoms with Crippen LogP contribution in [-0.4, -0.2) is 26.4 Å². The molecule has 0 saturated heterocycles. The van der Waals surface area contributed by atoms with Crippen LogP contribution in [0.1, 0.15) is 37.8 Å². The monoisotopic (exact) mass is 308 g/mol. The van der Waals surface area contributed by atoms with Gasteiger partial charge in [0.2, 0.25) is 5.91 Å². The molecule has 2 rings (SSSR count). The van der Waals surface area contributed by atoms with E-state index in [2.05, 4.69) is 17.1 Å². The number of rotatable bonds is 9. The minimum absolute atomic E-state index is 0.274. The average molecular weight is 308 g/mol. The van der Waals surface area contributed by atoms with Crippen LogP contribution in [0.25, 0.3) is 0 Å². The lowest BCUT2D eigenvalue weighted by atomic mass is 10.3. The summed E-state index contributed by atoms with van der Waals surface area (Å²) in [6, 6.07) is 3.77. The van der Waals surface area contributed by atoms with E-state index in [9.17, 15) is 4.79 Å². The summed E-state index contributed by atoms with van der Waals surface area (Å²) >= 11 is 1.68. The van der Waals surface area contributed by atoms with Crippen molar-refractivity contribution in [3.05, 3.63) is 30.0 Å². The standard InChI is InChI=1S/C14H20N4O2S/c1-2-3-9-21-14-17-16-13(7-6-12(15)19)18(14)10-11-5-4-8-20-11/h4-5,8H,2-3,6-7,9-10H2,1H3,(H2,15,19). The van der Waals surface area contributed by atoms with Crippen molar-refractivity contribution in [3.63, 3.8) is 0 Å². The first-order valence-electron chi connectivity index (χ1n) is 7.06. The molecule has 0 bridgehead atoms. The van der Waals surface area contributed by atoms with Crippen molar-refractivity contribution >= 4 is 17.7 Å². The first kappa shape index (κ1) is 15.6. The molecule has 0 unspecified atom stereocenters. The molecule has 0 aromatic carbocycles. The molecule has 0 atom stereocenters. The Morgan fingerprint density at radius 3 is 3.00 bits per heavy atom. The van der Waals surface area contributed by atoms with E-state index in [-0.39, 0.29) is 12.3 Å². The minimum Gasteiger partial charge on any atom is -0.467 e. The quantitative estimate of drug-likeness (QED) is 0.567. The van der Waals surface area contributed by atoms with Crippen molar-refractivity contribution < 1.29 is 9.21 Å². The van der Waals surface area contributed by atoms with Crippen molar-refractivity contribution in [2.75, 3.05) is 5.75 Å². The highest BCUT2D eigenvalue weighted by molar-refractivity contribution is 7.99. The van der Waals surface area contributed by atoms with Crippen LogP contribution < -0.4 is 5.73 Å². The van der Waals surface area contributed by atoms with Crippen molar-refractivity contribution in [2.24, 2.45) is 5.73 Å². The van der Waals surface area contributed by atoms with E-state index in [0.29, 0.717) is 13.0 Å². The summed E-state index contributed by atoms with van der Waals surface area (Å²) in [4.78, 5) is 11.0. The molecule has 0 saturated carbocycles. The predicted octanol–water partition coefficient (Wildman–Crippen LogP) is 2.23. The number of unbranched alkanes of at least 4 members (excludes halogenated alkanes) is 1. The summed E-state index contributed by atoms with van der Waals surface area (Å²) in [5.41, 5.74) is 5.21. The maximum atomic E-state index is 11.0. The Bertz CT molecular complexity index is 566. The van der Waals surface area contributed by atoms with E-state index >= 15 is 0 Å². The second-order valence-corrected chi connectivity index (χ2v) is 5.79. The molecule has 21 heavy (non-hydrogen) atoms. The van der Waals surface area contributed by atoms with Gasteiger partial charge in [-0.05, 0) is 18.6 Å². The van der Waals surface area contributed by atoms with Gasteiger partial charge in [-0.25, -0.2) is 0 Å². The molecule has 2 heterocycles. The van der Waals surface area contributed by atoms with Gasteiger partial charge in [-0.1, -0.05) is 25.1 Å². The molecule has 2 aromatic rings. The number of primary amides is 1. The molecule has 6 nitrogen and oxygen atoms in total. The van der Waals surface area contributed by atoms with E-state index in [1.165, 1.54) is 0 Å². The average Bonchev–Trinajstić information content (AvgIpc) is 3.08. The molecule has 2 aromatic heterocycles. The first-order valence-corrected chi connectivity index (χ1v) is 8.04. The van der Waals surface area contributed by atoms with E-state index in [0.717, 1.165) is 35.3 Å². The van der Waals surface area contributed by atoms with Crippen LogP contribution in [0, 0.1) is 0 Å². The normalized spacial score (nSPS) is 10.9. The second kappa shape index (κ2) is 7.87. The van der Waals surface area contributed by atoms with Crippen molar-refractivity contribution in [3.8, 4) is 0 Å².